The average molecular weight is 337 g/mol. The molecular formula is C13H15N5O4S. The zero-order chi connectivity index (χ0) is 17.0. The Labute approximate surface area is 136 Å². The number of nitro benzene ring substituents is 1. The quantitative estimate of drug-likeness (QED) is 0.361. The molecule has 2 rings (SSSR count). The van der Waals surface area contributed by atoms with Crippen molar-refractivity contribution in [2.24, 2.45) is 5.10 Å². The number of hydrogen-bond acceptors (Lipinski definition) is 7. The van der Waals surface area contributed by atoms with Gasteiger partial charge in [0.15, 0.2) is 11.6 Å². The van der Waals surface area contributed by atoms with Gasteiger partial charge in [-0.2, -0.15) is 14.9 Å². The molecule has 0 atom stereocenters. The number of nitrogens with one attached hydrogen (secondary N) is 1. The van der Waals surface area contributed by atoms with Gasteiger partial charge in [-0.25, -0.2) is 0 Å². The highest BCUT2D eigenvalue weighted by molar-refractivity contribution is 7.71. The molecule has 0 aliphatic heterocycles. The molecule has 2 N–H and O–H groups in total. The zero-order valence-corrected chi connectivity index (χ0v) is 13.3. The molecule has 2 aromatic rings. The summed E-state index contributed by atoms with van der Waals surface area (Å²) in [6.45, 7) is 2.00. The third kappa shape index (κ3) is 3.54. The van der Waals surface area contributed by atoms with E-state index >= 15 is 0 Å². The van der Waals surface area contributed by atoms with Crippen LogP contribution in [0.15, 0.2) is 17.2 Å². The predicted molar refractivity (Wildman–Crippen MR) is 85.7 cm³/mol. The van der Waals surface area contributed by atoms with Gasteiger partial charge in [0.05, 0.1) is 18.2 Å². The van der Waals surface area contributed by atoms with Crippen LogP contribution < -0.4 is 4.74 Å². The molecule has 1 heterocycles. The summed E-state index contributed by atoms with van der Waals surface area (Å²) in [5.74, 6) is 0.125. The Morgan fingerprint density at radius 2 is 2.35 bits per heavy atom. The van der Waals surface area contributed by atoms with E-state index < -0.39 is 16.4 Å². The molecule has 23 heavy (non-hydrogen) atoms. The predicted octanol–water partition coefficient (Wildman–Crippen LogP) is 2.40. The number of H-pyrrole nitrogens is 1. The summed E-state index contributed by atoms with van der Waals surface area (Å²) in [4.78, 5) is 10.3. The highest BCUT2D eigenvalue weighted by atomic mass is 32.1. The van der Waals surface area contributed by atoms with Crippen LogP contribution in [0.4, 0.5) is 5.69 Å². The van der Waals surface area contributed by atoms with Crippen LogP contribution >= 0.6 is 12.2 Å². The molecule has 1 aromatic carbocycles. The second-order valence-corrected chi connectivity index (χ2v) is 4.99. The first-order valence-electron chi connectivity index (χ1n) is 6.74. The van der Waals surface area contributed by atoms with Gasteiger partial charge >= 0.3 is 5.69 Å². The molecule has 0 radical (unpaired) electrons. The number of aromatic nitrogens is 3. The van der Waals surface area contributed by atoms with Crippen molar-refractivity contribution in [2.75, 3.05) is 7.11 Å². The monoisotopic (exact) mass is 337 g/mol. The summed E-state index contributed by atoms with van der Waals surface area (Å²) >= 11 is 5.10. The zero-order valence-electron chi connectivity index (χ0n) is 12.5. The number of ether oxygens (including phenoxy) is 1. The van der Waals surface area contributed by atoms with E-state index in [-0.39, 0.29) is 5.75 Å². The summed E-state index contributed by atoms with van der Waals surface area (Å²) in [6, 6.07) is 2.64. The summed E-state index contributed by atoms with van der Waals surface area (Å²) < 4.78 is 6.71. The first-order valence-corrected chi connectivity index (χ1v) is 7.14. The lowest BCUT2D eigenvalue weighted by Gasteiger charge is -2.05. The lowest BCUT2D eigenvalue weighted by molar-refractivity contribution is -0.386. The maximum Gasteiger partial charge on any atom is 0.315 e. The van der Waals surface area contributed by atoms with Gasteiger partial charge in [0, 0.05) is 18.1 Å². The maximum atomic E-state index is 11.0. The molecule has 122 valence electrons. The number of aryl methyl sites for hydroxylation is 1. The fourth-order valence-corrected chi connectivity index (χ4v) is 2.13. The van der Waals surface area contributed by atoms with E-state index in [2.05, 4.69) is 15.3 Å². The van der Waals surface area contributed by atoms with Crippen LogP contribution in [0.25, 0.3) is 0 Å². The number of hydrogen-bond donors (Lipinski definition) is 2. The second-order valence-electron chi connectivity index (χ2n) is 4.60. The highest BCUT2D eigenvalue weighted by Gasteiger charge is 2.19. The SMILES string of the molecule is CCCc1n[nH]c(=S)n1/N=C\c1cc(OC)c(O)c([N+](=O)[O-])c1. The largest absolute Gasteiger partial charge is 0.500 e. The lowest BCUT2D eigenvalue weighted by Crippen LogP contribution is -1.99. The highest BCUT2D eigenvalue weighted by Crippen LogP contribution is 2.36. The number of benzene rings is 1. The number of aromatic hydroxyl groups is 1. The standard InChI is InChI=1S/C13H15N5O4S/c1-3-4-11-15-16-13(23)17(11)14-7-8-5-9(18(20)21)12(19)10(6-8)22-2/h5-7,19H,3-4H2,1-2H3,(H,16,23)/b14-7-. The molecule has 0 amide bonds. The van der Waals surface area contributed by atoms with Crippen LogP contribution in [-0.2, 0) is 6.42 Å². The molecule has 9 nitrogen and oxygen atoms in total. The maximum absolute atomic E-state index is 11.0. The smallest absolute Gasteiger partial charge is 0.315 e. The van der Waals surface area contributed by atoms with Gasteiger partial charge < -0.3 is 9.84 Å². The van der Waals surface area contributed by atoms with Crippen molar-refractivity contribution in [1.29, 1.82) is 0 Å². The molecule has 0 saturated carbocycles. The first kappa shape index (κ1) is 16.6. The molecule has 10 heteroatoms. The number of aromatic amines is 1. The van der Waals surface area contributed by atoms with Crippen LogP contribution in [-0.4, -0.2) is 38.2 Å². The van der Waals surface area contributed by atoms with Crippen LogP contribution in [0.1, 0.15) is 24.7 Å². The topological polar surface area (TPSA) is 119 Å². The van der Waals surface area contributed by atoms with Crippen LogP contribution in [0, 0.1) is 14.9 Å². The summed E-state index contributed by atoms with van der Waals surface area (Å²) in [5.41, 5.74) is -0.0766. The molecule has 0 bridgehead atoms. The molecule has 0 unspecified atom stereocenters. The lowest BCUT2D eigenvalue weighted by atomic mass is 10.2. The van der Waals surface area contributed by atoms with Crippen LogP contribution in [0.2, 0.25) is 0 Å². The van der Waals surface area contributed by atoms with Gasteiger partial charge in [-0.05, 0) is 24.7 Å². The minimum atomic E-state index is -0.693. The van der Waals surface area contributed by atoms with E-state index in [9.17, 15) is 15.2 Å². The van der Waals surface area contributed by atoms with E-state index in [1.165, 1.54) is 30.1 Å². The third-order valence-corrected chi connectivity index (χ3v) is 3.27. The number of nitrogens with zero attached hydrogens (tertiary/aromatic N) is 4. The normalized spacial score (nSPS) is 11.0. The minimum absolute atomic E-state index is 0.00905. The summed E-state index contributed by atoms with van der Waals surface area (Å²) in [5, 5.41) is 31.6. The van der Waals surface area contributed by atoms with E-state index in [4.69, 9.17) is 17.0 Å². The van der Waals surface area contributed by atoms with Gasteiger partial charge in [-0.15, -0.1) is 0 Å². The Balaban J connectivity index is 2.44. The molecule has 0 fully saturated rings. The van der Waals surface area contributed by atoms with Gasteiger partial charge in [-0.3, -0.25) is 15.2 Å². The van der Waals surface area contributed by atoms with Crippen molar-refractivity contribution in [3.63, 3.8) is 0 Å². The van der Waals surface area contributed by atoms with Gasteiger partial charge in [0.1, 0.15) is 0 Å². The van der Waals surface area contributed by atoms with Crippen LogP contribution in [0.3, 0.4) is 0 Å². The Bertz CT molecular complexity index is 811. The number of phenols is 1. The third-order valence-electron chi connectivity index (χ3n) is 3.01. The van der Waals surface area contributed by atoms with E-state index in [1.807, 2.05) is 6.92 Å². The first-order chi connectivity index (χ1) is 11.0. The molecule has 0 spiro atoms. The second kappa shape index (κ2) is 7.01. The van der Waals surface area contributed by atoms with E-state index in [0.29, 0.717) is 22.6 Å². The Morgan fingerprint density at radius 3 is 2.96 bits per heavy atom. The minimum Gasteiger partial charge on any atom is -0.500 e. The number of rotatable bonds is 6. The van der Waals surface area contributed by atoms with Crippen molar-refractivity contribution in [2.45, 2.75) is 19.8 Å². The number of nitro groups is 1. The summed E-state index contributed by atoms with van der Waals surface area (Å²) in [6.07, 6.45) is 2.94. The Morgan fingerprint density at radius 1 is 1.61 bits per heavy atom. The summed E-state index contributed by atoms with van der Waals surface area (Å²) in [7, 11) is 1.31. The van der Waals surface area contributed by atoms with Crippen molar-refractivity contribution in [3.8, 4) is 11.5 Å². The van der Waals surface area contributed by atoms with Crippen LogP contribution in [0.5, 0.6) is 11.5 Å². The Kier molecular flexibility index (Phi) is 5.06. The van der Waals surface area contributed by atoms with Gasteiger partial charge in [-0.1, -0.05) is 6.92 Å². The van der Waals surface area contributed by atoms with Crippen molar-refractivity contribution >= 4 is 24.1 Å². The van der Waals surface area contributed by atoms with Crippen molar-refractivity contribution < 1.29 is 14.8 Å². The number of methoxy groups -OCH3 is 1. The van der Waals surface area contributed by atoms with Crippen molar-refractivity contribution in [3.05, 3.63) is 38.4 Å². The Hall–Kier alpha value is -2.75. The van der Waals surface area contributed by atoms with Gasteiger partial charge in [0.25, 0.3) is 0 Å². The van der Waals surface area contributed by atoms with Crippen molar-refractivity contribution in [1.82, 2.24) is 14.9 Å². The molecule has 0 saturated heterocycles. The number of phenolic OH excluding ortho intramolecular Hbond substituents is 1. The van der Waals surface area contributed by atoms with E-state index in [1.54, 1.807) is 0 Å². The molecule has 0 aliphatic rings. The van der Waals surface area contributed by atoms with Gasteiger partial charge in [0.2, 0.25) is 10.5 Å². The fourth-order valence-electron chi connectivity index (χ4n) is 1.94. The average Bonchev–Trinajstić information content (AvgIpc) is 2.86. The van der Waals surface area contributed by atoms with E-state index in [0.717, 1.165) is 6.42 Å². The molecular weight excluding hydrogens is 322 g/mol. The molecule has 1 aromatic heterocycles. The fraction of sp³-hybridized carbons (Fsp3) is 0.308. The molecule has 0 aliphatic carbocycles.